The Bertz CT molecular complexity index is 376. The summed E-state index contributed by atoms with van der Waals surface area (Å²) in [4.78, 5) is 0. The molecule has 0 bridgehead atoms. The number of hydrogen-bond acceptors (Lipinski definition) is 1. The van der Waals surface area contributed by atoms with Crippen molar-refractivity contribution < 1.29 is 4.39 Å². The maximum Gasteiger partial charge on any atom is 0.142 e. The van der Waals surface area contributed by atoms with Crippen molar-refractivity contribution in [1.29, 1.82) is 0 Å². The summed E-state index contributed by atoms with van der Waals surface area (Å²) in [5, 5.41) is 3.72. The molecule has 17 heavy (non-hydrogen) atoms. The molecule has 0 amide bonds. The van der Waals surface area contributed by atoms with Gasteiger partial charge in [0.2, 0.25) is 0 Å². The lowest BCUT2D eigenvalue weighted by molar-refractivity contribution is 0.479. The van der Waals surface area contributed by atoms with Crippen molar-refractivity contribution in [3.63, 3.8) is 0 Å². The van der Waals surface area contributed by atoms with Crippen LogP contribution in [0.2, 0.25) is 5.02 Å². The minimum absolute atomic E-state index is 0.206. The van der Waals surface area contributed by atoms with Gasteiger partial charge in [-0.2, -0.15) is 0 Å². The fourth-order valence-electron chi connectivity index (χ4n) is 1.87. The number of hydrogen-bond donors (Lipinski definition) is 1. The molecule has 1 aliphatic carbocycles. The zero-order chi connectivity index (χ0) is 12.3. The number of halogens is 2. The molecule has 1 aromatic carbocycles. The molecule has 1 saturated carbocycles. The van der Waals surface area contributed by atoms with Crippen LogP contribution in [-0.4, -0.2) is 12.6 Å². The van der Waals surface area contributed by atoms with Gasteiger partial charge >= 0.3 is 0 Å². The van der Waals surface area contributed by atoms with Gasteiger partial charge in [-0.05, 0) is 55.8 Å². The monoisotopic (exact) mass is 255 g/mol. The molecule has 1 unspecified atom stereocenters. The number of aryl methyl sites for hydroxylation is 1. The lowest BCUT2D eigenvalue weighted by Gasteiger charge is -2.12. The average Bonchev–Trinajstić information content (AvgIpc) is 3.12. The number of nitrogens with one attached hydrogen (secondary N) is 1. The maximum atomic E-state index is 13.2. The van der Waals surface area contributed by atoms with Crippen molar-refractivity contribution in [3.8, 4) is 0 Å². The average molecular weight is 256 g/mol. The molecule has 1 nitrogen and oxygen atoms in total. The van der Waals surface area contributed by atoms with E-state index in [1.54, 1.807) is 12.1 Å². The van der Waals surface area contributed by atoms with Crippen molar-refractivity contribution >= 4 is 11.6 Å². The van der Waals surface area contributed by atoms with Crippen LogP contribution >= 0.6 is 11.6 Å². The molecule has 0 aromatic heterocycles. The van der Waals surface area contributed by atoms with E-state index in [1.165, 1.54) is 12.8 Å². The third-order valence-corrected chi connectivity index (χ3v) is 3.55. The van der Waals surface area contributed by atoms with Gasteiger partial charge in [0.05, 0.1) is 5.02 Å². The molecule has 0 radical (unpaired) electrons. The third kappa shape index (κ3) is 4.29. The largest absolute Gasteiger partial charge is 0.314 e. The lowest BCUT2D eigenvalue weighted by Crippen LogP contribution is -2.23. The van der Waals surface area contributed by atoms with E-state index in [0.717, 1.165) is 31.0 Å². The van der Waals surface area contributed by atoms with E-state index in [-0.39, 0.29) is 10.8 Å². The van der Waals surface area contributed by atoms with Crippen molar-refractivity contribution in [3.05, 3.63) is 34.6 Å². The summed E-state index contributed by atoms with van der Waals surface area (Å²) in [6.07, 6.45) is 4.66. The van der Waals surface area contributed by atoms with Gasteiger partial charge in [0.15, 0.2) is 0 Å². The van der Waals surface area contributed by atoms with Gasteiger partial charge in [0.25, 0.3) is 0 Å². The molecule has 94 valence electrons. The van der Waals surface area contributed by atoms with Crippen LogP contribution in [0.4, 0.5) is 4.39 Å². The van der Waals surface area contributed by atoms with Gasteiger partial charge < -0.3 is 5.32 Å². The summed E-state index contributed by atoms with van der Waals surface area (Å²) in [6.45, 7) is 3.31. The molecular formula is C14H19ClFN. The zero-order valence-corrected chi connectivity index (χ0v) is 10.9. The van der Waals surface area contributed by atoms with Crippen LogP contribution in [0.3, 0.4) is 0 Å². The van der Waals surface area contributed by atoms with Crippen molar-refractivity contribution in [2.45, 2.75) is 38.6 Å². The molecule has 2 rings (SSSR count). The van der Waals surface area contributed by atoms with Gasteiger partial charge in [-0.25, -0.2) is 4.39 Å². The number of rotatable bonds is 6. The lowest BCUT2D eigenvalue weighted by atomic mass is 10.0. The second-order valence-electron chi connectivity index (χ2n) is 5.07. The van der Waals surface area contributed by atoms with Crippen LogP contribution in [0.1, 0.15) is 31.7 Å². The smallest absolute Gasteiger partial charge is 0.142 e. The second-order valence-corrected chi connectivity index (χ2v) is 5.48. The molecule has 0 saturated heterocycles. The van der Waals surface area contributed by atoms with Gasteiger partial charge in [-0.3, -0.25) is 0 Å². The highest BCUT2D eigenvalue weighted by molar-refractivity contribution is 6.30. The second kappa shape index (κ2) is 5.83. The van der Waals surface area contributed by atoms with Crippen LogP contribution in [0.5, 0.6) is 0 Å². The predicted molar refractivity (Wildman–Crippen MR) is 69.9 cm³/mol. The minimum Gasteiger partial charge on any atom is -0.314 e. The van der Waals surface area contributed by atoms with Gasteiger partial charge in [0.1, 0.15) is 5.82 Å². The van der Waals surface area contributed by atoms with Crippen molar-refractivity contribution in [2.24, 2.45) is 5.92 Å². The van der Waals surface area contributed by atoms with E-state index < -0.39 is 0 Å². The first-order valence-electron chi connectivity index (χ1n) is 6.32. The fraction of sp³-hybridized carbons (Fsp3) is 0.571. The Hall–Kier alpha value is -0.600. The number of benzene rings is 1. The molecule has 0 aliphatic heterocycles. The Morgan fingerprint density at radius 2 is 2.24 bits per heavy atom. The minimum atomic E-state index is -0.312. The quantitative estimate of drug-likeness (QED) is 0.815. The summed E-state index contributed by atoms with van der Waals surface area (Å²) in [5.41, 5.74) is 1.03. The highest BCUT2D eigenvalue weighted by Gasteiger charge is 2.20. The highest BCUT2D eigenvalue weighted by Crippen LogP contribution is 2.20. The summed E-state index contributed by atoms with van der Waals surface area (Å²) in [5.74, 6) is 0.322. The van der Waals surface area contributed by atoms with Crippen LogP contribution in [0.15, 0.2) is 18.2 Å². The summed E-state index contributed by atoms with van der Waals surface area (Å²) >= 11 is 5.65. The van der Waals surface area contributed by atoms with E-state index in [4.69, 9.17) is 11.6 Å². The molecule has 1 fully saturated rings. The molecule has 0 heterocycles. The van der Waals surface area contributed by atoms with Crippen LogP contribution in [0, 0.1) is 11.7 Å². The Morgan fingerprint density at radius 3 is 2.88 bits per heavy atom. The molecular weight excluding hydrogens is 237 g/mol. The van der Waals surface area contributed by atoms with E-state index >= 15 is 0 Å². The van der Waals surface area contributed by atoms with Gasteiger partial charge in [-0.1, -0.05) is 24.6 Å². The zero-order valence-electron chi connectivity index (χ0n) is 10.2. The van der Waals surface area contributed by atoms with E-state index in [2.05, 4.69) is 12.2 Å². The van der Waals surface area contributed by atoms with Gasteiger partial charge in [0, 0.05) is 6.04 Å². The summed E-state index contributed by atoms with van der Waals surface area (Å²) in [6, 6.07) is 5.86. The first kappa shape index (κ1) is 12.8. The molecule has 1 aliphatic rings. The first-order chi connectivity index (χ1) is 8.15. The summed E-state index contributed by atoms with van der Waals surface area (Å²) in [7, 11) is 0. The molecule has 1 atom stereocenters. The Morgan fingerprint density at radius 1 is 1.47 bits per heavy atom. The highest BCUT2D eigenvalue weighted by atomic mass is 35.5. The van der Waals surface area contributed by atoms with Crippen LogP contribution < -0.4 is 5.32 Å². The van der Waals surface area contributed by atoms with E-state index in [9.17, 15) is 4.39 Å². The SMILES string of the molecule is CC(CCc1ccc(Cl)c(F)c1)CNC1CC1. The Labute approximate surface area is 107 Å². The van der Waals surface area contributed by atoms with E-state index in [0.29, 0.717) is 5.92 Å². The Kier molecular flexibility index (Phi) is 4.41. The fourth-order valence-corrected chi connectivity index (χ4v) is 1.98. The van der Waals surface area contributed by atoms with Crippen LogP contribution in [0.25, 0.3) is 0 Å². The molecule has 0 spiro atoms. The normalized spacial score (nSPS) is 17.1. The first-order valence-corrected chi connectivity index (χ1v) is 6.70. The predicted octanol–water partition coefficient (Wildman–Crippen LogP) is 3.80. The third-order valence-electron chi connectivity index (χ3n) is 3.24. The Balaban J connectivity index is 1.73. The molecule has 3 heteroatoms. The van der Waals surface area contributed by atoms with E-state index in [1.807, 2.05) is 6.07 Å². The van der Waals surface area contributed by atoms with Gasteiger partial charge in [-0.15, -0.1) is 0 Å². The topological polar surface area (TPSA) is 12.0 Å². The van der Waals surface area contributed by atoms with Crippen LogP contribution in [-0.2, 0) is 6.42 Å². The maximum absolute atomic E-state index is 13.2. The van der Waals surface area contributed by atoms with Crippen molar-refractivity contribution in [1.82, 2.24) is 5.32 Å². The summed E-state index contributed by atoms with van der Waals surface area (Å²) < 4.78 is 13.2. The molecule has 1 aromatic rings. The standard InChI is InChI=1S/C14H19ClFN/c1-10(9-17-12-5-6-12)2-3-11-4-7-13(15)14(16)8-11/h4,7-8,10,12,17H,2-3,5-6,9H2,1H3. The molecule has 1 N–H and O–H groups in total. The van der Waals surface area contributed by atoms with Crippen molar-refractivity contribution in [2.75, 3.05) is 6.54 Å².